The van der Waals surface area contributed by atoms with Crippen molar-refractivity contribution in [3.8, 4) is 0 Å². The number of imidazole rings is 1. The zero-order valence-corrected chi connectivity index (χ0v) is 12.3. The third-order valence-corrected chi connectivity index (χ3v) is 3.39. The van der Waals surface area contributed by atoms with Crippen molar-refractivity contribution >= 4 is 24.7 Å². The molecule has 2 heterocycles. The maximum Gasteiger partial charge on any atom is 0.350 e. The molecule has 12 heteroatoms. The van der Waals surface area contributed by atoms with E-state index in [1.165, 1.54) is 10.9 Å². The molecule has 1 atom stereocenters. The van der Waals surface area contributed by atoms with E-state index in [2.05, 4.69) is 15.0 Å². The molecular weight excluding hydrogens is 317 g/mol. The summed E-state index contributed by atoms with van der Waals surface area (Å²) in [5, 5.41) is 9.12. The van der Waals surface area contributed by atoms with Crippen LogP contribution in [0.25, 0.3) is 11.2 Å². The molecule has 0 bridgehead atoms. The van der Waals surface area contributed by atoms with Crippen LogP contribution in [0.15, 0.2) is 11.1 Å². The minimum absolute atomic E-state index is 0.0760. The van der Waals surface area contributed by atoms with Crippen molar-refractivity contribution in [1.29, 1.82) is 0 Å². The summed E-state index contributed by atoms with van der Waals surface area (Å²) in [5.41, 5.74) is 5.28. The number of nitrogens with two attached hydrogens (primary N) is 1. The molecule has 0 aromatic carbocycles. The van der Waals surface area contributed by atoms with Gasteiger partial charge in [0.05, 0.1) is 19.0 Å². The van der Waals surface area contributed by atoms with E-state index in [9.17, 15) is 9.36 Å². The predicted molar refractivity (Wildman–Crippen MR) is 76.2 cm³/mol. The lowest BCUT2D eigenvalue weighted by Crippen LogP contribution is -2.19. The molecule has 2 rings (SSSR count). The van der Waals surface area contributed by atoms with Crippen LogP contribution in [0.4, 0.5) is 5.95 Å². The zero-order chi connectivity index (χ0) is 16.3. The van der Waals surface area contributed by atoms with Crippen LogP contribution in [0.2, 0.25) is 0 Å². The summed E-state index contributed by atoms with van der Waals surface area (Å²) in [5.74, 6) is -0.0851. The summed E-state index contributed by atoms with van der Waals surface area (Å²) < 4.78 is 17.2. The monoisotopic (exact) mass is 333 g/mol. The second-order valence-corrected chi connectivity index (χ2v) is 6.19. The third-order valence-electron chi connectivity index (χ3n) is 2.88. The van der Waals surface area contributed by atoms with Crippen LogP contribution >= 0.6 is 7.60 Å². The molecule has 0 aliphatic carbocycles. The molecule has 122 valence electrons. The van der Waals surface area contributed by atoms with Gasteiger partial charge >= 0.3 is 7.60 Å². The first-order valence-electron chi connectivity index (χ1n) is 6.27. The molecule has 2 aromatic heterocycles. The Kier molecular flexibility index (Phi) is 4.94. The van der Waals surface area contributed by atoms with Crippen molar-refractivity contribution in [3.63, 3.8) is 0 Å². The Bertz CT molecular complexity index is 752. The summed E-state index contributed by atoms with van der Waals surface area (Å²) in [4.78, 5) is 39.5. The predicted octanol–water partition coefficient (Wildman–Crippen LogP) is -1.22. The highest BCUT2D eigenvalue weighted by molar-refractivity contribution is 7.51. The molecule has 0 saturated heterocycles. The van der Waals surface area contributed by atoms with Crippen molar-refractivity contribution in [2.24, 2.45) is 0 Å². The minimum atomic E-state index is -4.28. The SMILES string of the molecule is Nc1nc2c(ncn2C(CCO)COCP(=O)(O)O)c(=O)[nH]1. The molecule has 0 saturated carbocycles. The number of anilines is 1. The molecule has 0 aliphatic rings. The van der Waals surface area contributed by atoms with Gasteiger partial charge in [-0.1, -0.05) is 0 Å². The van der Waals surface area contributed by atoms with E-state index >= 15 is 0 Å². The lowest BCUT2D eigenvalue weighted by atomic mass is 10.2. The average molecular weight is 333 g/mol. The smallest absolute Gasteiger partial charge is 0.350 e. The number of aliphatic hydroxyl groups is 1. The van der Waals surface area contributed by atoms with Gasteiger partial charge < -0.3 is 29.9 Å². The summed E-state index contributed by atoms with van der Waals surface area (Å²) >= 11 is 0. The van der Waals surface area contributed by atoms with E-state index in [4.69, 9.17) is 25.4 Å². The number of aromatic amines is 1. The van der Waals surface area contributed by atoms with E-state index in [1.807, 2.05) is 0 Å². The van der Waals surface area contributed by atoms with Crippen molar-refractivity contribution < 1.29 is 24.2 Å². The van der Waals surface area contributed by atoms with E-state index in [0.717, 1.165) is 0 Å². The number of rotatable bonds is 7. The quantitative estimate of drug-likeness (QED) is 0.388. The van der Waals surface area contributed by atoms with Crippen LogP contribution in [-0.4, -0.2) is 54.0 Å². The van der Waals surface area contributed by atoms with Crippen LogP contribution in [0.3, 0.4) is 0 Å². The van der Waals surface area contributed by atoms with Gasteiger partial charge in [0.1, 0.15) is 6.35 Å². The van der Waals surface area contributed by atoms with Crippen LogP contribution in [-0.2, 0) is 9.30 Å². The third kappa shape index (κ3) is 3.90. The first-order chi connectivity index (χ1) is 10.3. The van der Waals surface area contributed by atoms with Crippen molar-refractivity contribution in [2.45, 2.75) is 12.5 Å². The van der Waals surface area contributed by atoms with Gasteiger partial charge in [-0.3, -0.25) is 14.3 Å². The molecule has 11 nitrogen and oxygen atoms in total. The maximum absolute atomic E-state index is 11.7. The Morgan fingerprint density at radius 3 is 2.86 bits per heavy atom. The number of aromatic nitrogens is 4. The Morgan fingerprint density at radius 1 is 1.50 bits per heavy atom. The van der Waals surface area contributed by atoms with Crippen LogP contribution in [0.5, 0.6) is 0 Å². The van der Waals surface area contributed by atoms with Gasteiger partial charge in [-0.25, -0.2) is 4.98 Å². The maximum atomic E-state index is 11.7. The number of hydrogen-bond donors (Lipinski definition) is 5. The molecule has 0 fully saturated rings. The van der Waals surface area contributed by atoms with Gasteiger partial charge in [0.2, 0.25) is 5.95 Å². The normalized spacial score (nSPS) is 13.6. The van der Waals surface area contributed by atoms with Crippen molar-refractivity contribution in [3.05, 3.63) is 16.7 Å². The molecule has 2 aromatic rings. The lowest BCUT2D eigenvalue weighted by Gasteiger charge is -2.18. The fourth-order valence-corrected chi connectivity index (χ4v) is 2.31. The van der Waals surface area contributed by atoms with E-state index < -0.39 is 25.5 Å². The topological polar surface area (TPSA) is 177 Å². The van der Waals surface area contributed by atoms with Crippen LogP contribution in [0, 0.1) is 0 Å². The van der Waals surface area contributed by atoms with E-state index in [-0.39, 0.29) is 36.7 Å². The standard InChI is InChI=1S/C10H16N5O6P/c11-10-13-8-7(9(17)14-10)12-4-15(8)6(1-2-16)3-21-5-22(18,19)20/h4,6,16H,1-3,5H2,(H2,18,19,20)(H3,11,13,14,17). The zero-order valence-electron chi connectivity index (χ0n) is 11.4. The summed E-state index contributed by atoms with van der Waals surface area (Å²) in [7, 11) is -4.28. The largest absolute Gasteiger partial charge is 0.396 e. The Balaban J connectivity index is 2.28. The van der Waals surface area contributed by atoms with Crippen molar-refractivity contribution in [1.82, 2.24) is 19.5 Å². The second kappa shape index (κ2) is 6.55. The van der Waals surface area contributed by atoms with Crippen molar-refractivity contribution in [2.75, 3.05) is 25.3 Å². The van der Waals surface area contributed by atoms with E-state index in [0.29, 0.717) is 0 Å². The highest BCUT2D eigenvalue weighted by Gasteiger charge is 2.19. The first-order valence-corrected chi connectivity index (χ1v) is 8.07. The van der Waals surface area contributed by atoms with E-state index in [1.54, 1.807) is 0 Å². The molecule has 1 unspecified atom stereocenters. The number of nitrogens with one attached hydrogen (secondary N) is 1. The number of nitrogens with zero attached hydrogens (tertiary/aromatic N) is 3. The first kappa shape index (κ1) is 16.6. The number of fused-ring (bicyclic) bond motifs is 1. The number of ether oxygens (including phenoxy) is 1. The molecule has 0 amide bonds. The van der Waals surface area contributed by atoms with Gasteiger partial charge in [0.25, 0.3) is 5.56 Å². The van der Waals surface area contributed by atoms with Gasteiger partial charge in [-0.05, 0) is 6.42 Å². The average Bonchev–Trinajstić information content (AvgIpc) is 2.80. The highest BCUT2D eigenvalue weighted by Crippen LogP contribution is 2.34. The van der Waals surface area contributed by atoms with Crippen LogP contribution < -0.4 is 11.3 Å². The summed E-state index contributed by atoms with van der Waals surface area (Å²) in [6, 6.07) is -0.504. The highest BCUT2D eigenvalue weighted by atomic mass is 31.2. The molecule has 6 N–H and O–H groups in total. The van der Waals surface area contributed by atoms with Gasteiger partial charge in [0, 0.05) is 6.61 Å². The molecule has 0 spiro atoms. The number of nitrogen functional groups attached to an aromatic ring is 1. The molecule has 0 aliphatic heterocycles. The minimum Gasteiger partial charge on any atom is -0.396 e. The molecule has 0 radical (unpaired) electrons. The second-order valence-electron chi connectivity index (χ2n) is 4.61. The molecular formula is C10H16N5O6P. The summed E-state index contributed by atoms with van der Waals surface area (Å²) in [6.07, 6.45) is 0.826. The number of H-pyrrole nitrogens is 1. The fourth-order valence-electron chi connectivity index (χ4n) is 1.97. The number of hydrogen-bond acceptors (Lipinski definition) is 7. The fraction of sp³-hybridized carbons (Fsp3) is 0.500. The Labute approximate surface area is 123 Å². The van der Waals surface area contributed by atoms with Gasteiger partial charge in [0.15, 0.2) is 11.2 Å². The number of aliphatic hydroxyl groups excluding tert-OH is 1. The van der Waals surface area contributed by atoms with Gasteiger partial charge in [-0.2, -0.15) is 4.98 Å². The molecule has 22 heavy (non-hydrogen) atoms. The van der Waals surface area contributed by atoms with Crippen LogP contribution in [0.1, 0.15) is 12.5 Å². The Morgan fingerprint density at radius 2 is 2.23 bits per heavy atom. The Hall–Kier alpha value is -1.78. The lowest BCUT2D eigenvalue weighted by molar-refractivity contribution is 0.112. The summed E-state index contributed by atoms with van der Waals surface area (Å²) in [6.45, 7) is -0.284. The van der Waals surface area contributed by atoms with Gasteiger partial charge in [-0.15, -0.1) is 0 Å².